The van der Waals surface area contributed by atoms with E-state index in [1.54, 1.807) is 0 Å². The number of hydrogen-bond donors (Lipinski definition) is 2. The summed E-state index contributed by atoms with van der Waals surface area (Å²) in [5, 5.41) is 5.20. The SMILES string of the molecule is CC(C)CNC(=O)COc1ccccc1-c1csc(N)n1. The van der Waals surface area contributed by atoms with Crippen molar-refractivity contribution in [3.05, 3.63) is 29.6 Å². The highest BCUT2D eigenvalue weighted by atomic mass is 32.1. The molecule has 0 bridgehead atoms. The van der Waals surface area contributed by atoms with Crippen LogP contribution < -0.4 is 15.8 Å². The Balaban J connectivity index is 2.02. The third kappa shape index (κ3) is 4.46. The predicted octanol–water partition coefficient (Wildman–Crippen LogP) is 2.54. The number of carbonyl (C=O) groups excluding carboxylic acids is 1. The van der Waals surface area contributed by atoms with Crippen LogP contribution in [-0.2, 0) is 4.79 Å². The van der Waals surface area contributed by atoms with E-state index in [1.807, 2.05) is 43.5 Å². The minimum atomic E-state index is -0.128. The van der Waals surface area contributed by atoms with Crippen LogP contribution >= 0.6 is 11.3 Å². The van der Waals surface area contributed by atoms with Crippen LogP contribution in [0.25, 0.3) is 11.3 Å². The Morgan fingerprint density at radius 3 is 2.86 bits per heavy atom. The molecule has 1 aromatic carbocycles. The molecule has 1 aromatic heterocycles. The largest absolute Gasteiger partial charge is 0.483 e. The van der Waals surface area contributed by atoms with Gasteiger partial charge in [0.1, 0.15) is 5.75 Å². The second kappa shape index (κ2) is 7.08. The van der Waals surface area contributed by atoms with Gasteiger partial charge >= 0.3 is 0 Å². The van der Waals surface area contributed by atoms with Crippen molar-refractivity contribution in [1.82, 2.24) is 10.3 Å². The molecule has 21 heavy (non-hydrogen) atoms. The minimum absolute atomic E-state index is 0.0106. The van der Waals surface area contributed by atoms with Crippen LogP contribution in [0.4, 0.5) is 5.13 Å². The molecule has 0 unspecified atom stereocenters. The molecule has 2 aromatic rings. The Labute approximate surface area is 128 Å². The van der Waals surface area contributed by atoms with Crippen LogP contribution in [-0.4, -0.2) is 24.0 Å². The highest BCUT2D eigenvalue weighted by Crippen LogP contribution is 2.31. The van der Waals surface area contributed by atoms with Gasteiger partial charge in [0.15, 0.2) is 11.7 Å². The van der Waals surface area contributed by atoms with Crippen molar-refractivity contribution in [3.8, 4) is 17.0 Å². The van der Waals surface area contributed by atoms with Gasteiger partial charge in [0.2, 0.25) is 0 Å². The summed E-state index contributed by atoms with van der Waals surface area (Å²) in [6, 6.07) is 7.48. The van der Waals surface area contributed by atoms with Gasteiger partial charge in [0, 0.05) is 17.5 Å². The molecule has 0 saturated carbocycles. The minimum Gasteiger partial charge on any atom is -0.483 e. The fourth-order valence-corrected chi connectivity index (χ4v) is 2.29. The standard InChI is InChI=1S/C15H19N3O2S/c1-10(2)7-17-14(19)8-20-13-6-4-3-5-11(13)12-9-21-15(16)18-12/h3-6,9-10H,7-8H2,1-2H3,(H2,16,18)(H,17,19). The summed E-state index contributed by atoms with van der Waals surface area (Å²) in [7, 11) is 0. The van der Waals surface area contributed by atoms with Crippen molar-refractivity contribution in [1.29, 1.82) is 0 Å². The van der Waals surface area contributed by atoms with E-state index in [0.29, 0.717) is 23.3 Å². The van der Waals surface area contributed by atoms with E-state index >= 15 is 0 Å². The molecule has 2 rings (SSSR count). The van der Waals surface area contributed by atoms with E-state index in [4.69, 9.17) is 10.5 Å². The molecule has 5 nitrogen and oxygen atoms in total. The lowest BCUT2D eigenvalue weighted by molar-refractivity contribution is -0.123. The predicted molar refractivity (Wildman–Crippen MR) is 85.3 cm³/mol. The molecule has 0 fully saturated rings. The van der Waals surface area contributed by atoms with E-state index in [2.05, 4.69) is 10.3 Å². The molecular weight excluding hydrogens is 286 g/mol. The van der Waals surface area contributed by atoms with E-state index in [1.165, 1.54) is 11.3 Å². The Kier molecular flexibility index (Phi) is 5.16. The van der Waals surface area contributed by atoms with E-state index in [-0.39, 0.29) is 12.5 Å². The van der Waals surface area contributed by atoms with Crippen LogP contribution in [0, 0.1) is 5.92 Å². The molecule has 6 heteroatoms. The number of aromatic nitrogens is 1. The molecule has 0 aliphatic rings. The first-order chi connectivity index (χ1) is 10.1. The van der Waals surface area contributed by atoms with Gasteiger partial charge in [-0.05, 0) is 18.1 Å². The fourth-order valence-electron chi connectivity index (χ4n) is 1.73. The van der Waals surface area contributed by atoms with E-state index in [9.17, 15) is 4.79 Å². The van der Waals surface area contributed by atoms with Gasteiger partial charge in [-0.1, -0.05) is 26.0 Å². The lowest BCUT2D eigenvalue weighted by Crippen LogP contribution is -2.31. The maximum atomic E-state index is 11.7. The summed E-state index contributed by atoms with van der Waals surface area (Å²) in [4.78, 5) is 15.9. The molecule has 1 amide bonds. The number of nitrogens with one attached hydrogen (secondary N) is 1. The maximum Gasteiger partial charge on any atom is 0.257 e. The number of nitrogens with zero attached hydrogens (tertiary/aromatic N) is 1. The van der Waals surface area contributed by atoms with Gasteiger partial charge in [-0.15, -0.1) is 11.3 Å². The summed E-state index contributed by atoms with van der Waals surface area (Å²) in [6.45, 7) is 4.72. The molecule has 0 aliphatic carbocycles. The third-order valence-corrected chi connectivity index (χ3v) is 3.43. The second-order valence-corrected chi connectivity index (χ2v) is 5.94. The van der Waals surface area contributed by atoms with Gasteiger partial charge in [-0.2, -0.15) is 0 Å². The molecule has 1 heterocycles. The Morgan fingerprint density at radius 2 is 2.19 bits per heavy atom. The van der Waals surface area contributed by atoms with Crippen molar-refractivity contribution in [2.45, 2.75) is 13.8 Å². The van der Waals surface area contributed by atoms with E-state index < -0.39 is 0 Å². The number of para-hydroxylation sites is 1. The Bertz CT molecular complexity index is 610. The third-order valence-electron chi connectivity index (χ3n) is 2.75. The van der Waals surface area contributed by atoms with Crippen LogP contribution in [0.2, 0.25) is 0 Å². The Hall–Kier alpha value is -2.08. The van der Waals surface area contributed by atoms with E-state index in [0.717, 1.165) is 11.3 Å². The molecule has 0 radical (unpaired) electrons. The summed E-state index contributed by atoms with van der Waals surface area (Å²) in [5.74, 6) is 0.915. The molecule has 0 saturated heterocycles. The summed E-state index contributed by atoms with van der Waals surface area (Å²) in [6.07, 6.45) is 0. The first-order valence-electron chi connectivity index (χ1n) is 6.76. The molecular formula is C15H19N3O2S. The quantitative estimate of drug-likeness (QED) is 0.860. The van der Waals surface area contributed by atoms with Crippen molar-refractivity contribution >= 4 is 22.4 Å². The van der Waals surface area contributed by atoms with Gasteiger partial charge in [-0.25, -0.2) is 4.98 Å². The number of nitrogens with two attached hydrogens (primary N) is 1. The summed E-state index contributed by atoms with van der Waals surface area (Å²) >= 11 is 1.38. The number of ether oxygens (including phenoxy) is 1. The average Bonchev–Trinajstić information content (AvgIpc) is 2.89. The number of carbonyl (C=O) groups is 1. The monoisotopic (exact) mass is 305 g/mol. The van der Waals surface area contributed by atoms with Gasteiger partial charge in [-0.3, -0.25) is 4.79 Å². The number of amides is 1. The van der Waals surface area contributed by atoms with Gasteiger partial charge in [0.25, 0.3) is 5.91 Å². The zero-order valence-corrected chi connectivity index (χ0v) is 12.9. The number of hydrogen-bond acceptors (Lipinski definition) is 5. The molecule has 112 valence electrons. The smallest absolute Gasteiger partial charge is 0.257 e. The average molecular weight is 305 g/mol. The van der Waals surface area contributed by atoms with Crippen molar-refractivity contribution < 1.29 is 9.53 Å². The fraction of sp³-hybridized carbons (Fsp3) is 0.333. The van der Waals surface area contributed by atoms with Crippen LogP contribution in [0.1, 0.15) is 13.8 Å². The lowest BCUT2D eigenvalue weighted by atomic mass is 10.1. The van der Waals surface area contributed by atoms with Crippen LogP contribution in [0.3, 0.4) is 0 Å². The van der Waals surface area contributed by atoms with Crippen LogP contribution in [0.15, 0.2) is 29.6 Å². The molecule has 0 aliphatic heterocycles. The van der Waals surface area contributed by atoms with Crippen molar-refractivity contribution in [2.75, 3.05) is 18.9 Å². The number of nitrogen functional groups attached to an aromatic ring is 1. The number of benzene rings is 1. The zero-order valence-electron chi connectivity index (χ0n) is 12.1. The highest BCUT2D eigenvalue weighted by Gasteiger charge is 2.10. The Morgan fingerprint density at radius 1 is 1.43 bits per heavy atom. The second-order valence-electron chi connectivity index (χ2n) is 5.05. The summed E-state index contributed by atoms with van der Waals surface area (Å²) < 4.78 is 5.61. The topological polar surface area (TPSA) is 77.2 Å². The van der Waals surface area contributed by atoms with Crippen molar-refractivity contribution in [3.63, 3.8) is 0 Å². The zero-order chi connectivity index (χ0) is 15.2. The molecule has 0 spiro atoms. The van der Waals surface area contributed by atoms with Crippen LogP contribution in [0.5, 0.6) is 5.75 Å². The summed E-state index contributed by atoms with van der Waals surface area (Å²) in [5.41, 5.74) is 7.25. The first-order valence-corrected chi connectivity index (χ1v) is 7.64. The maximum absolute atomic E-state index is 11.7. The normalized spacial score (nSPS) is 10.6. The first kappa shape index (κ1) is 15.3. The lowest BCUT2D eigenvalue weighted by Gasteiger charge is -2.11. The van der Waals surface area contributed by atoms with Gasteiger partial charge in [0.05, 0.1) is 5.69 Å². The highest BCUT2D eigenvalue weighted by molar-refractivity contribution is 7.13. The van der Waals surface area contributed by atoms with Gasteiger partial charge < -0.3 is 15.8 Å². The number of anilines is 1. The molecule has 0 atom stereocenters. The molecule has 3 N–H and O–H groups in total. The number of thiazole rings is 1. The van der Waals surface area contributed by atoms with Crippen molar-refractivity contribution in [2.24, 2.45) is 5.92 Å². The number of rotatable bonds is 6.